The SMILES string of the molecule is CCCCCCCCCCCC(CS)Cc1ccccc1[N+](=O)[O-]. The molecule has 24 heavy (non-hydrogen) atoms. The van der Waals surface area contributed by atoms with Crippen molar-refractivity contribution in [2.24, 2.45) is 5.92 Å². The first kappa shape index (κ1) is 21.0. The van der Waals surface area contributed by atoms with Gasteiger partial charge in [-0.2, -0.15) is 12.6 Å². The van der Waals surface area contributed by atoms with Gasteiger partial charge in [-0.1, -0.05) is 82.9 Å². The fourth-order valence-electron chi connectivity index (χ4n) is 3.17. The van der Waals surface area contributed by atoms with Crippen LogP contribution in [0.5, 0.6) is 0 Å². The predicted octanol–water partition coefficient (Wildman–Crippen LogP) is 6.60. The Hall–Kier alpha value is -1.03. The van der Waals surface area contributed by atoms with Gasteiger partial charge in [-0.15, -0.1) is 0 Å². The predicted molar refractivity (Wildman–Crippen MR) is 106 cm³/mol. The fourth-order valence-corrected chi connectivity index (χ4v) is 3.49. The summed E-state index contributed by atoms with van der Waals surface area (Å²) in [6.07, 6.45) is 13.8. The van der Waals surface area contributed by atoms with E-state index in [-0.39, 0.29) is 10.6 Å². The Morgan fingerprint density at radius 2 is 1.58 bits per heavy atom. The molecule has 4 heteroatoms. The maximum atomic E-state index is 11.1. The third-order valence-electron chi connectivity index (χ3n) is 4.67. The summed E-state index contributed by atoms with van der Waals surface area (Å²) in [5.41, 5.74) is 1.09. The lowest BCUT2D eigenvalue weighted by atomic mass is 9.94. The van der Waals surface area contributed by atoms with E-state index in [2.05, 4.69) is 19.6 Å². The molecular formula is C20H33NO2S. The number of para-hydroxylation sites is 1. The molecule has 0 saturated heterocycles. The average molecular weight is 352 g/mol. The zero-order valence-corrected chi connectivity index (χ0v) is 16.0. The number of hydrogen-bond acceptors (Lipinski definition) is 3. The van der Waals surface area contributed by atoms with E-state index in [9.17, 15) is 10.1 Å². The van der Waals surface area contributed by atoms with E-state index in [1.54, 1.807) is 12.1 Å². The number of nitrogens with zero attached hydrogens (tertiary/aromatic N) is 1. The molecule has 0 aliphatic heterocycles. The van der Waals surface area contributed by atoms with Crippen molar-refractivity contribution < 1.29 is 4.92 Å². The minimum absolute atomic E-state index is 0.247. The number of rotatable bonds is 14. The largest absolute Gasteiger partial charge is 0.272 e. The van der Waals surface area contributed by atoms with Gasteiger partial charge in [0.2, 0.25) is 0 Å². The summed E-state index contributed by atoms with van der Waals surface area (Å²) in [7, 11) is 0. The second-order valence-electron chi connectivity index (χ2n) is 6.76. The Balaban J connectivity index is 2.23. The molecule has 0 aliphatic carbocycles. The molecule has 0 saturated carbocycles. The molecule has 0 bridgehead atoms. The van der Waals surface area contributed by atoms with E-state index in [4.69, 9.17) is 0 Å². The molecular weight excluding hydrogens is 318 g/mol. The highest BCUT2D eigenvalue weighted by Crippen LogP contribution is 2.24. The first-order chi connectivity index (χ1) is 11.7. The second kappa shape index (κ2) is 13.3. The molecule has 1 aromatic rings. The van der Waals surface area contributed by atoms with Crippen molar-refractivity contribution >= 4 is 18.3 Å². The maximum absolute atomic E-state index is 11.1. The van der Waals surface area contributed by atoms with Crippen molar-refractivity contribution in [1.29, 1.82) is 0 Å². The first-order valence-electron chi connectivity index (χ1n) is 9.52. The van der Waals surface area contributed by atoms with Crippen LogP contribution in [0.1, 0.15) is 76.7 Å². The van der Waals surface area contributed by atoms with Crippen LogP contribution < -0.4 is 0 Å². The molecule has 0 fully saturated rings. The lowest BCUT2D eigenvalue weighted by Crippen LogP contribution is -2.08. The van der Waals surface area contributed by atoms with Crippen LogP contribution in [0.2, 0.25) is 0 Å². The van der Waals surface area contributed by atoms with Crippen molar-refractivity contribution in [3.05, 3.63) is 39.9 Å². The summed E-state index contributed by atoms with van der Waals surface area (Å²) >= 11 is 4.45. The summed E-state index contributed by atoms with van der Waals surface area (Å²) < 4.78 is 0. The average Bonchev–Trinajstić information content (AvgIpc) is 2.59. The Kier molecular flexibility index (Phi) is 11.6. The van der Waals surface area contributed by atoms with E-state index >= 15 is 0 Å². The second-order valence-corrected chi connectivity index (χ2v) is 7.12. The number of nitro groups is 1. The molecule has 1 rings (SSSR count). The van der Waals surface area contributed by atoms with Crippen LogP contribution in [-0.2, 0) is 6.42 Å². The molecule has 3 nitrogen and oxygen atoms in total. The van der Waals surface area contributed by atoms with Crippen molar-refractivity contribution in [2.75, 3.05) is 5.75 Å². The highest BCUT2D eigenvalue weighted by atomic mass is 32.1. The van der Waals surface area contributed by atoms with E-state index in [0.717, 1.165) is 24.2 Å². The molecule has 1 unspecified atom stereocenters. The minimum Gasteiger partial charge on any atom is -0.258 e. The highest BCUT2D eigenvalue weighted by Gasteiger charge is 2.16. The lowest BCUT2D eigenvalue weighted by molar-refractivity contribution is -0.385. The topological polar surface area (TPSA) is 43.1 Å². The molecule has 1 atom stereocenters. The molecule has 0 aromatic heterocycles. The van der Waals surface area contributed by atoms with Gasteiger partial charge in [-0.3, -0.25) is 10.1 Å². The van der Waals surface area contributed by atoms with E-state index in [1.165, 1.54) is 57.8 Å². The van der Waals surface area contributed by atoms with E-state index in [1.807, 2.05) is 12.1 Å². The van der Waals surface area contributed by atoms with Gasteiger partial charge >= 0.3 is 0 Å². The van der Waals surface area contributed by atoms with Gasteiger partial charge in [0, 0.05) is 11.6 Å². The van der Waals surface area contributed by atoms with Crippen molar-refractivity contribution in [3.63, 3.8) is 0 Å². The van der Waals surface area contributed by atoms with Gasteiger partial charge in [0.25, 0.3) is 5.69 Å². The van der Waals surface area contributed by atoms with Gasteiger partial charge in [0.1, 0.15) is 0 Å². The van der Waals surface area contributed by atoms with Crippen molar-refractivity contribution in [2.45, 2.75) is 77.6 Å². The summed E-state index contributed by atoms with van der Waals surface area (Å²) in [5, 5.41) is 11.1. The third-order valence-corrected chi connectivity index (χ3v) is 5.19. The number of benzene rings is 1. The van der Waals surface area contributed by atoms with Crippen LogP contribution in [0, 0.1) is 16.0 Å². The van der Waals surface area contributed by atoms with E-state index < -0.39 is 0 Å². The Morgan fingerprint density at radius 1 is 1.00 bits per heavy atom. The summed E-state index contributed by atoms with van der Waals surface area (Å²) in [5.74, 6) is 1.22. The van der Waals surface area contributed by atoms with Crippen molar-refractivity contribution in [1.82, 2.24) is 0 Å². The van der Waals surface area contributed by atoms with Gasteiger partial charge in [-0.25, -0.2) is 0 Å². The number of unbranched alkanes of at least 4 members (excludes halogenated alkanes) is 8. The van der Waals surface area contributed by atoms with Crippen molar-refractivity contribution in [3.8, 4) is 0 Å². The smallest absolute Gasteiger partial charge is 0.258 e. The normalized spacial score (nSPS) is 12.2. The fraction of sp³-hybridized carbons (Fsp3) is 0.700. The quantitative estimate of drug-likeness (QED) is 0.177. The summed E-state index contributed by atoms with van der Waals surface area (Å²) in [4.78, 5) is 10.8. The molecule has 136 valence electrons. The third kappa shape index (κ3) is 8.72. The number of nitro benzene ring substituents is 1. The van der Waals surface area contributed by atoms with Gasteiger partial charge in [0.05, 0.1) is 4.92 Å². The van der Waals surface area contributed by atoms with Crippen LogP contribution in [0.3, 0.4) is 0 Å². The van der Waals surface area contributed by atoms with Crippen LogP contribution in [0.15, 0.2) is 24.3 Å². The standard InChI is InChI=1S/C20H33NO2S/c1-2-3-4-5-6-7-8-9-10-13-18(17-24)16-19-14-11-12-15-20(19)21(22)23/h11-12,14-15,18,24H,2-10,13,16-17H2,1H3. The zero-order valence-electron chi connectivity index (χ0n) is 15.1. The van der Waals surface area contributed by atoms with Crippen LogP contribution in [0.25, 0.3) is 0 Å². The Bertz CT molecular complexity index is 465. The van der Waals surface area contributed by atoms with Gasteiger partial charge in [0.15, 0.2) is 0 Å². The highest BCUT2D eigenvalue weighted by molar-refractivity contribution is 7.80. The van der Waals surface area contributed by atoms with Crippen LogP contribution in [-0.4, -0.2) is 10.7 Å². The zero-order chi connectivity index (χ0) is 17.6. The number of hydrogen-bond donors (Lipinski definition) is 1. The first-order valence-corrected chi connectivity index (χ1v) is 10.2. The molecule has 0 aliphatic rings. The maximum Gasteiger partial charge on any atom is 0.272 e. The molecule has 0 spiro atoms. The van der Waals surface area contributed by atoms with Gasteiger partial charge in [-0.05, 0) is 24.5 Å². The Morgan fingerprint density at radius 3 is 2.17 bits per heavy atom. The lowest BCUT2D eigenvalue weighted by Gasteiger charge is -2.14. The molecule has 0 heterocycles. The minimum atomic E-state index is -0.274. The summed E-state index contributed by atoms with van der Waals surface area (Å²) in [6, 6.07) is 7.10. The summed E-state index contributed by atoms with van der Waals surface area (Å²) in [6.45, 7) is 2.25. The Labute approximate surface area is 152 Å². The monoisotopic (exact) mass is 351 g/mol. The van der Waals surface area contributed by atoms with E-state index in [0.29, 0.717) is 5.92 Å². The molecule has 0 radical (unpaired) electrons. The van der Waals surface area contributed by atoms with Crippen LogP contribution in [0.4, 0.5) is 5.69 Å². The van der Waals surface area contributed by atoms with Gasteiger partial charge < -0.3 is 0 Å². The number of thiol groups is 1. The molecule has 1 aromatic carbocycles. The molecule has 0 N–H and O–H groups in total. The van der Waals surface area contributed by atoms with Crippen LogP contribution >= 0.6 is 12.6 Å². The molecule has 0 amide bonds.